The smallest absolute Gasteiger partial charge is 0.190 e. The van der Waals surface area contributed by atoms with Crippen LogP contribution in [0, 0.1) is 20.8 Å². The first-order chi connectivity index (χ1) is 66.1. The summed E-state index contributed by atoms with van der Waals surface area (Å²) in [6.07, 6.45) is 16.6. The number of rotatable bonds is 31. The normalized spacial score (nSPS) is 12.6. The first-order valence-electron chi connectivity index (χ1n) is 42.3. The number of benzene rings is 2. The van der Waals surface area contributed by atoms with Crippen molar-refractivity contribution in [3.05, 3.63) is 171 Å². The van der Waals surface area contributed by atoms with Gasteiger partial charge < -0.3 is 42.6 Å². The lowest BCUT2D eigenvalue weighted by molar-refractivity contribution is 0.200. The summed E-state index contributed by atoms with van der Waals surface area (Å²) < 4.78 is 82.8. The average molecular weight is 2130 g/mol. The van der Waals surface area contributed by atoms with Gasteiger partial charge >= 0.3 is 0 Å². The molecule has 20 rings (SSSR count). The lowest BCUT2D eigenvalue weighted by Gasteiger charge is -2.06. The molecule has 0 fully saturated rings. The predicted octanol–water partition coefficient (Wildman–Crippen LogP) is 23.6. The first-order valence-corrected chi connectivity index (χ1v) is 59.1. The predicted molar refractivity (Wildman–Crippen MR) is 574 cm³/mol. The van der Waals surface area contributed by atoms with Crippen LogP contribution in [0.4, 0.5) is 28.4 Å². The number of fused-ring (bicyclic) bond motifs is 5. The first kappa shape index (κ1) is 99.2. The molecule has 2 aromatic carbocycles. The maximum atomic E-state index is 12.8. The van der Waals surface area contributed by atoms with Gasteiger partial charge in [0.25, 0.3) is 0 Å². The summed E-state index contributed by atoms with van der Waals surface area (Å²) in [7, 11) is -2.57. The van der Waals surface area contributed by atoms with Crippen molar-refractivity contribution in [3.8, 4) is 109 Å². The van der Waals surface area contributed by atoms with Crippen molar-refractivity contribution in [2.75, 3.05) is 84.9 Å². The van der Waals surface area contributed by atoms with E-state index in [1.165, 1.54) is 97.1 Å². The monoisotopic (exact) mass is 2130 g/mol. The Balaban J connectivity index is 0.000000123. The SMILES string of the molecule is CCCCS(=O)c1sc2nc(-c3nccs3)cc(-c3nc(C)cs3)c2c1N.CCCCS(=O)c1sc2nc(-c3nccs3)cc(-c3ocnc3C)c2c1N.CCCCS(=O)c1sc2nc(-c3nccs3)cc(-c3scnc3C)c2c1N.COCCCS(=O)c1sc2nc(-c3nccs3)nc(-c3ccccc3)c2c1N.COCCS(=O)c1sc2nc(-c3nccs3)nc(-c3ccccc3)c2c1N. The summed E-state index contributed by atoms with van der Waals surface area (Å²) in [5.74, 6) is 4.49. The van der Waals surface area contributed by atoms with Gasteiger partial charge in [-0.15, -0.1) is 136 Å². The Hall–Kier alpha value is -9.86. The number of oxazole rings is 1. The lowest BCUT2D eigenvalue weighted by atomic mass is 10.1. The molecule has 18 heterocycles. The van der Waals surface area contributed by atoms with Crippen molar-refractivity contribution >= 4 is 270 Å². The van der Waals surface area contributed by atoms with E-state index in [0.29, 0.717) is 112 Å². The number of methoxy groups -OCH3 is 2. The minimum atomic E-state index is -1.25. The minimum absolute atomic E-state index is 0.390. The van der Waals surface area contributed by atoms with Crippen molar-refractivity contribution in [1.82, 2.24) is 74.8 Å². The van der Waals surface area contributed by atoms with Crippen LogP contribution in [-0.2, 0) is 63.5 Å². The highest BCUT2D eigenvalue weighted by Gasteiger charge is 2.30. The third-order valence-electron chi connectivity index (χ3n) is 20.5. The number of nitrogens with two attached hydrogens (primary N) is 5. The van der Waals surface area contributed by atoms with Crippen LogP contribution in [0.2, 0.25) is 0 Å². The molecule has 28 nitrogen and oxygen atoms in total. The fourth-order valence-electron chi connectivity index (χ4n) is 13.9. The van der Waals surface area contributed by atoms with Crippen molar-refractivity contribution in [1.29, 1.82) is 0 Å². The molecule has 5 unspecified atom stereocenters. The van der Waals surface area contributed by atoms with Crippen LogP contribution in [0.15, 0.2) is 179 Å². The van der Waals surface area contributed by atoms with E-state index in [4.69, 9.17) is 67.5 Å². The second-order valence-corrected chi connectivity index (χ2v) is 49.8. The number of anilines is 5. The second kappa shape index (κ2) is 46.3. The molecule has 0 saturated heterocycles. The number of aromatic nitrogens is 15. The van der Waals surface area contributed by atoms with Crippen molar-refractivity contribution in [2.24, 2.45) is 0 Å². The number of hydrogen-bond acceptors (Lipinski definition) is 40. The summed E-state index contributed by atoms with van der Waals surface area (Å²) >= 11 is 17.7. The Kier molecular flexibility index (Phi) is 33.7. The maximum Gasteiger partial charge on any atom is 0.190 e. The van der Waals surface area contributed by atoms with Crippen molar-refractivity contribution < 1.29 is 34.9 Å². The van der Waals surface area contributed by atoms with Crippen molar-refractivity contribution in [2.45, 2.75) is 108 Å². The number of hydrogen-bond donors (Lipinski definition) is 5. The largest absolute Gasteiger partial charge is 0.443 e. The van der Waals surface area contributed by atoms with Gasteiger partial charge in [-0.1, -0.05) is 101 Å². The molecule has 0 saturated carbocycles. The molecule has 0 aliphatic carbocycles. The summed E-state index contributed by atoms with van der Waals surface area (Å²) in [5.41, 5.74) is 47.9. The van der Waals surface area contributed by atoms with E-state index in [1.54, 1.807) is 90.6 Å². The Morgan fingerprint density at radius 3 is 1.09 bits per heavy atom. The van der Waals surface area contributed by atoms with Crippen LogP contribution in [0.25, 0.3) is 160 Å². The van der Waals surface area contributed by atoms with Gasteiger partial charge in [-0.05, 0) is 64.7 Å². The quantitative estimate of drug-likeness (QED) is 0.0252. The molecule has 0 bridgehead atoms. The molecular weight excluding hydrogens is 2050 g/mol. The summed E-state index contributed by atoms with van der Waals surface area (Å²) in [6.45, 7) is 13.1. The zero-order valence-corrected chi connectivity index (χ0v) is 88.1. The van der Waals surface area contributed by atoms with Gasteiger partial charge in [0.15, 0.2) is 33.8 Å². The minimum Gasteiger partial charge on any atom is -0.443 e. The van der Waals surface area contributed by atoms with E-state index in [2.05, 4.69) is 70.6 Å². The third kappa shape index (κ3) is 22.2. The van der Waals surface area contributed by atoms with E-state index < -0.39 is 54.0 Å². The number of unbranched alkanes of at least 4 members (excludes halogenated alkanes) is 3. The molecule has 0 radical (unpaired) electrons. The fraction of sp³-hybridized carbons (Fsp3) is 0.242. The van der Waals surface area contributed by atoms with Crippen LogP contribution in [0.1, 0.15) is 82.8 Å². The Bertz CT molecular complexity index is 7450. The topological polar surface area (TPSA) is 440 Å². The van der Waals surface area contributed by atoms with Gasteiger partial charge in [0, 0.05) is 157 Å². The van der Waals surface area contributed by atoms with Gasteiger partial charge in [0.1, 0.15) is 82.3 Å². The van der Waals surface area contributed by atoms with Crippen LogP contribution in [0.5, 0.6) is 0 Å². The molecule has 0 aliphatic heterocycles. The molecular formula is C91H88N20O8S17. The Labute approximate surface area is 842 Å². The van der Waals surface area contributed by atoms with E-state index in [-0.39, 0.29) is 0 Å². The molecule has 702 valence electrons. The summed E-state index contributed by atoms with van der Waals surface area (Å²) in [6, 6.07) is 25.6. The number of nitrogen functional groups attached to an aromatic ring is 5. The number of aryl methyl sites for hydroxylation is 3. The number of thiazole rings is 7. The van der Waals surface area contributed by atoms with E-state index in [0.717, 1.165) is 201 Å². The molecule has 0 spiro atoms. The number of nitrogens with zero attached hydrogens (tertiary/aromatic N) is 15. The molecule has 18 aromatic heterocycles. The standard InChI is InChI=1S/C19H18N4O2S3.C18H16N4O2S3.C18H18N4O2S3.2C18H18N4OS4/c1-25-9-5-11-28(24)19-14(20)13-15(12-6-3-2-4-7-12)22-16(23-17(13)27-19)18-21-8-10-26-18;1-24-8-10-27(23)18-13(19)12-14(11-5-3-2-4-6-11)21-15(22-16(12)26-18)17-20-7-9-25-17;1-3-4-7-27(23)18-14(19)13-11(15-10(2)21-9-24-15)8-12(22-17(13)26-18)16-20-5-6-25-16;1-3-4-7-27(23)18-14(19)13-11(15-10(2)21-9-25-15)8-12(22-17(13)26-18)16-20-5-6-24-16;1-3-4-7-27(23)18-14(19)13-11(15-21-10(2)9-25-15)8-12(22-17(13)26-18)16-20-5-6-24-16/h2-4,6-8,10H,5,9,11,20H2,1H3;2-7,9H,8,10,19H2,1H3;3*5-6,8-9H,3-4,7,19H2,1-2H3. The van der Waals surface area contributed by atoms with Gasteiger partial charge in [-0.25, -0.2) is 74.8 Å². The average Bonchev–Trinajstić information content (AvgIpc) is 1.62. The highest BCUT2D eigenvalue weighted by atomic mass is 32.2. The zero-order chi connectivity index (χ0) is 95.2. The van der Waals surface area contributed by atoms with Crippen LogP contribution < -0.4 is 28.7 Å². The lowest BCUT2D eigenvalue weighted by Crippen LogP contribution is -2.04. The Morgan fingerprint density at radius 1 is 0.360 bits per heavy atom. The van der Waals surface area contributed by atoms with Gasteiger partial charge in [0.05, 0.1) is 139 Å². The van der Waals surface area contributed by atoms with Crippen LogP contribution in [0.3, 0.4) is 0 Å². The van der Waals surface area contributed by atoms with Gasteiger partial charge in [-0.2, -0.15) is 0 Å². The molecule has 45 heteroatoms. The summed E-state index contributed by atoms with van der Waals surface area (Å²) in [4.78, 5) is 73.1. The van der Waals surface area contributed by atoms with E-state index >= 15 is 0 Å². The van der Waals surface area contributed by atoms with Crippen LogP contribution in [-0.4, -0.2) is 152 Å². The number of thiophene rings is 5. The number of pyridine rings is 3. The molecule has 0 amide bonds. The third-order valence-corrected chi connectivity index (χ3v) is 41.2. The number of ether oxygens (including phenoxy) is 2. The highest BCUT2D eigenvalue weighted by molar-refractivity contribution is 7.89. The van der Waals surface area contributed by atoms with E-state index in [1.807, 2.05) is 137 Å². The molecule has 0 aliphatic rings. The molecule has 10 N–H and O–H groups in total. The highest BCUT2D eigenvalue weighted by Crippen LogP contribution is 2.50. The van der Waals surface area contributed by atoms with Crippen molar-refractivity contribution in [3.63, 3.8) is 0 Å². The molecule has 5 atom stereocenters. The van der Waals surface area contributed by atoms with Gasteiger partial charge in [-0.3, -0.25) is 21.0 Å². The summed E-state index contributed by atoms with van der Waals surface area (Å²) in [5, 5.41) is 20.5. The maximum absolute atomic E-state index is 12.8. The van der Waals surface area contributed by atoms with Gasteiger partial charge in [0.2, 0.25) is 0 Å². The molecule has 20 aromatic rings. The van der Waals surface area contributed by atoms with Crippen LogP contribution >= 0.6 is 136 Å². The molecule has 136 heavy (non-hydrogen) atoms. The zero-order valence-electron chi connectivity index (χ0n) is 74.2. The van der Waals surface area contributed by atoms with E-state index in [9.17, 15) is 21.0 Å². The fourth-order valence-corrected chi connectivity index (χ4v) is 32.0. The second-order valence-electron chi connectivity index (χ2n) is 29.8. The Morgan fingerprint density at radius 2 is 0.728 bits per heavy atom.